The second-order valence-electron chi connectivity index (χ2n) is 2.34. The van der Waals surface area contributed by atoms with Crippen molar-refractivity contribution in [2.24, 2.45) is 0 Å². The maximum atomic E-state index is 5.27. The maximum Gasteiger partial charge on any atom is 0.0730 e. The Kier molecular flexibility index (Phi) is 1.69. The molecule has 1 aliphatic rings. The van der Waals surface area contributed by atoms with Gasteiger partial charge in [-0.05, 0) is 20.3 Å². The molecule has 0 fully saturated rings. The average molecular weight is 112 g/mol. The monoisotopic (exact) mass is 112 g/mol. The topological polar surface area (TPSA) is 9.23 Å². The van der Waals surface area contributed by atoms with Gasteiger partial charge in [-0.1, -0.05) is 11.6 Å². The van der Waals surface area contributed by atoms with Crippen molar-refractivity contribution in [1.82, 2.24) is 0 Å². The van der Waals surface area contributed by atoms with E-state index in [2.05, 4.69) is 19.9 Å². The van der Waals surface area contributed by atoms with Gasteiger partial charge in [0, 0.05) is 0 Å². The lowest BCUT2D eigenvalue weighted by molar-refractivity contribution is 0.0892. The lowest BCUT2D eigenvalue weighted by atomic mass is 10.1. The van der Waals surface area contributed by atoms with Crippen molar-refractivity contribution in [2.75, 3.05) is 6.61 Å². The van der Waals surface area contributed by atoms with Crippen molar-refractivity contribution in [2.45, 2.75) is 26.4 Å². The van der Waals surface area contributed by atoms with Crippen LogP contribution in [-0.2, 0) is 4.74 Å². The highest BCUT2D eigenvalue weighted by Crippen LogP contribution is 2.10. The van der Waals surface area contributed by atoms with Crippen molar-refractivity contribution in [3.05, 3.63) is 11.6 Å². The molecule has 0 aromatic heterocycles. The predicted molar refractivity (Wildman–Crippen MR) is 33.8 cm³/mol. The first-order valence-electron chi connectivity index (χ1n) is 3.08. The van der Waals surface area contributed by atoms with Crippen molar-refractivity contribution in [1.29, 1.82) is 0 Å². The van der Waals surface area contributed by atoms with Crippen LogP contribution in [0.15, 0.2) is 11.6 Å². The molecule has 0 bridgehead atoms. The largest absolute Gasteiger partial charge is 0.374 e. The summed E-state index contributed by atoms with van der Waals surface area (Å²) < 4.78 is 5.27. The second-order valence-corrected chi connectivity index (χ2v) is 2.34. The molecule has 1 rings (SSSR count). The van der Waals surface area contributed by atoms with Crippen LogP contribution in [0.25, 0.3) is 0 Å². The highest BCUT2D eigenvalue weighted by atomic mass is 16.5. The van der Waals surface area contributed by atoms with Gasteiger partial charge in [-0.3, -0.25) is 0 Å². The summed E-state index contributed by atoms with van der Waals surface area (Å²) in [5.74, 6) is 0. The summed E-state index contributed by atoms with van der Waals surface area (Å²) >= 11 is 0. The smallest absolute Gasteiger partial charge is 0.0730 e. The second kappa shape index (κ2) is 2.31. The SMILES string of the molecule is CC1=CC(C)OCC1. The van der Waals surface area contributed by atoms with Crippen LogP contribution in [0, 0.1) is 0 Å². The van der Waals surface area contributed by atoms with Crippen LogP contribution in [0.4, 0.5) is 0 Å². The summed E-state index contributed by atoms with van der Waals surface area (Å²) in [4.78, 5) is 0. The minimum absolute atomic E-state index is 0.351. The van der Waals surface area contributed by atoms with Gasteiger partial charge in [-0.15, -0.1) is 0 Å². The zero-order valence-electron chi connectivity index (χ0n) is 5.48. The summed E-state index contributed by atoms with van der Waals surface area (Å²) in [7, 11) is 0. The fourth-order valence-electron chi connectivity index (χ4n) is 0.938. The molecule has 0 N–H and O–H groups in total. The molecular weight excluding hydrogens is 100 g/mol. The summed E-state index contributed by atoms with van der Waals surface area (Å²) in [6.45, 7) is 5.13. The van der Waals surface area contributed by atoms with E-state index in [1.54, 1.807) is 0 Å². The first kappa shape index (κ1) is 5.83. The van der Waals surface area contributed by atoms with Gasteiger partial charge in [0.1, 0.15) is 0 Å². The van der Waals surface area contributed by atoms with Gasteiger partial charge in [-0.25, -0.2) is 0 Å². The molecule has 0 spiro atoms. The molecule has 0 aliphatic carbocycles. The van der Waals surface area contributed by atoms with E-state index in [4.69, 9.17) is 4.74 Å². The van der Waals surface area contributed by atoms with Crippen LogP contribution in [-0.4, -0.2) is 12.7 Å². The molecule has 0 saturated heterocycles. The molecule has 1 heterocycles. The Morgan fingerprint density at radius 3 is 2.88 bits per heavy atom. The third-order valence-electron chi connectivity index (χ3n) is 1.40. The minimum atomic E-state index is 0.351. The lowest BCUT2D eigenvalue weighted by Gasteiger charge is -2.15. The van der Waals surface area contributed by atoms with Gasteiger partial charge < -0.3 is 4.74 Å². The molecular formula is C7H12O. The van der Waals surface area contributed by atoms with Crippen LogP contribution in [0.2, 0.25) is 0 Å². The third-order valence-corrected chi connectivity index (χ3v) is 1.40. The Bertz CT molecular complexity index is 105. The predicted octanol–water partition coefficient (Wildman–Crippen LogP) is 1.74. The molecule has 0 aromatic carbocycles. The highest BCUT2D eigenvalue weighted by Gasteiger charge is 2.04. The van der Waals surface area contributed by atoms with Gasteiger partial charge in [0.25, 0.3) is 0 Å². The highest BCUT2D eigenvalue weighted by molar-refractivity contribution is 5.03. The van der Waals surface area contributed by atoms with Crippen LogP contribution in [0.1, 0.15) is 20.3 Å². The van der Waals surface area contributed by atoms with E-state index in [-0.39, 0.29) is 0 Å². The summed E-state index contributed by atoms with van der Waals surface area (Å²) in [5.41, 5.74) is 1.46. The van der Waals surface area contributed by atoms with Gasteiger partial charge in [0.2, 0.25) is 0 Å². The number of rotatable bonds is 0. The van der Waals surface area contributed by atoms with Crippen molar-refractivity contribution >= 4 is 0 Å². The van der Waals surface area contributed by atoms with Gasteiger partial charge >= 0.3 is 0 Å². The lowest BCUT2D eigenvalue weighted by Crippen LogP contribution is -2.11. The molecule has 46 valence electrons. The molecule has 1 unspecified atom stereocenters. The first-order valence-corrected chi connectivity index (χ1v) is 3.08. The summed E-state index contributed by atoms with van der Waals surface area (Å²) in [5, 5.41) is 0. The molecule has 0 aromatic rings. The molecule has 1 atom stereocenters. The average Bonchev–Trinajstić information content (AvgIpc) is 1.64. The van der Waals surface area contributed by atoms with E-state index in [1.165, 1.54) is 5.57 Å². The Labute approximate surface area is 50.3 Å². The Morgan fingerprint density at radius 1 is 1.75 bits per heavy atom. The van der Waals surface area contributed by atoms with E-state index in [9.17, 15) is 0 Å². The zero-order chi connectivity index (χ0) is 5.98. The number of hydrogen-bond acceptors (Lipinski definition) is 1. The number of hydrogen-bond donors (Lipinski definition) is 0. The summed E-state index contributed by atoms with van der Waals surface area (Å²) in [6.07, 6.45) is 3.64. The quantitative estimate of drug-likeness (QED) is 0.434. The van der Waals surface area contributed by atoms with Crippen LogP contribution >= 0.6 is 0 Å². The van der Waals surface area contributed by atoms with Gasteiger partial charge in [0.15, 0.2) is 0 Å². The van der Waals surface area contributed by atoms with E-state index in [0.717, 1.165) is 13.0 Å². The first-order chi connectivity index (χ1) is 3.79. The normalized spacial score (nSPS) is 29.8. The van der Waals surface area contributed by atoms with Crippen molar-refractivity contribution in [3.8, 4) is 0 Å². The Hall–Kier alpha value is -0.300. The van der Waals surface area contributed by atoms with Crippen LogP contribution in [0.3, 0.4) is 0 Å². The molecule has 1 aliphatic heterocycles. The molecule has 1 heteroatoms. The van der Waals surface area contributed by atoms with Crippen LogP contribution < -0.4 is 0 Å². The van der Waals surface area contributed by atoms with E-state index >= 15 is 0 Å². The molecule has 1 nitrogen and oxygen atoms in total. The van der Waals surface area contributed by atoms with E-state index < -0.39 is 0 Å². The Balaban J connectivity index is 2.50. The molecule has 8 heavy (non-hydrogen) atoms. The molecule has 0 radical (unpaired) electrons. The number of ether oxygens (including phenoxy) is 1. The minimum Gasteiger partial charge on any atom is -0.374 e. The summed E-state index contributed by atoms with van der Waals surface area (Å²) in [6, 6.07) is 0. The standard InChI is InChI=1S/C7H12O/c1-6-3-4-8-7(2)5-6/h5,7H,3-4H2,1-2H3. The van der Waals surface area contributed by atoms with Gasteiger partial charge in [-0.2, -0.15) is 0 Å². The fourth-order valence-corrected chi connectivity index (χ4v) is 0.938. The van der Waals surface area contributed by atoms with Crippen molar-refractivity contribution in [3.63, 3.8) is 0 Å². The third kappa shape index (κ3) is 1.34. The zero-order valence-corrected chi connectivity index (χ0v) is 5.48. The molecule has 0 amide bonds. The molecule has 0 saturated carbocycles. The Morgan fingerprint density at radius 2 is 2.50 bits per heavy atom. The van der Waals surface area contributed by atoms with E-state index in [0.29, 0.717) is 6.10 Å². The fraction of sp³-hybridized carbons (Fsp3) is 0.714. The van der Waals surface area contributed by atoms with Crippen LogP contribution in [0.5, 0.6) is 0 Å². The van der Waals surface area contributed by atoms with Gasteiger partial charge in [0.05, 0.1) is 12.7 Å². The van der Waals surface area contributed by atoms with E-state index in [1.807, 2.05) is 0 Å². The maximum absolute atomic E-state index is 5.27. The van der Waals surface area contributed by atoms with Crippen molar-refractivity contribution < 1.29 is 4.74 Å².